The number of carboxylic acids is 1. The largest absolute Gasteiger partial charge is 0.478 e. The molecule has 0 aromatic rings. The van der Waals surface area contributed by atoms with Gasteiger partial charge in [-0.15, -0.1) is 0 Å². The third kappa shape index (κ3) is 5.86. The molecule has 0 heterocycles. The van der Waals surface area contributed by atoms with Crippen LogP contribution in [0.5, 0.6) is 0 Å². The minimum absolute atomic E-state index is 0.0156. The molecule has 0 aromatic heterocycles. The summed E-state index contributed by atoms with van der Waals surface area (Å²) in [6.07, 6.45) is 0.0916. The Morgan fingerprint density at radius 3 is 2.10 bits per heavy atom. The summed E-state index contributed by atoms with van der Waals surface area (Å²) in [5, 5.41) is 8.92. The monoisotopic (exact) mass is 285 g/mol. The van der Waals surface area contributed by atoms with Gasteiger partial charge in [-0.2, -0.15) is 0 Å². The highest BCUT2D eigenvalue weighted by Crippen LogP contribution is 2.11. The molecule has 0 atom stereocenters. The summed E-state index contributed by atoms with van der Waals surface area (Å²) in [4.78, 5) is 35.8. The van der Waals surface area contributed by atoms with Crippen molar-refractivity contribution >= 4 is 17.8 Å². The average Bonchev–Trinajstić information content (AvgIpc) is 2.39. The van der Waals surface area contributed by atoms with Gasteiger partial charge in [0.05, 0.1) is 13.5 Å². The van der Waals surface area contributed by atoms with Gasteiger partial charge >= 0.3 is 11.9 Å². The van der Waals surface area contributed by atoms with E-state index >= 15 is 0 Å². The molecule has 6 heteroatoms. The molecule has 0 aliphatic rings. The van der Waals surface area contributed by atoms with Crippen molar-refractivity contribution in [2.45, 2.75) is 34.1 Å². The summed E-state index contributed by atoms with van der Waals surface area (Å²) >= 11 is 0. The van der Waals surface area contributed by atoms with Crippen LogP contribution >= 0.6 is 0 Å². The first-order valence-electron chi connectivity index (χ1n) is 6.47. The number of hydrogen-bond donors (Lipinski definition) is 1. The Kier molecular flexibility index (Phi) is 7.57. The molecular formula is C14H23NO5. The van der Waals surface area contributed by atoms with Crippen molar-refractivity contribution in [3.63, 3.8) is 0 Å². The zero-order chi connectivity index (χ0) is 15.9. The lowest BCUT2D eigenvalue weighted by Crippen LogP contribution is -2.37. The highest BCUT2D eigenvalue weighted by molar-refractivity contribution is 6.01. The SMILES string of the molecule is COC(=O)CCN(CC(C)C)C(=O)C(C)=C(C)C(=O)O. The van der Waals surface area contributed by atoms with Gasteiger partial charge in [0.1, 0.15) is 0 Å². The number of carbonyl (C=O) groups excluding carboxylic acids is 2. The maximum absolute atomic E-state index is 12.3. The molecule has 1 amide bonds. The van der Waals surface area contributed by atoms with Crippen LogP contribution in [0.25, 0.3) is 0 Å². The van der Waals surface area contributed by atoms with Gasteiger partial charge in [-0.1, -0.05) is 13.8 Å². The number of carbonyl (C=O) groups is 3. The van der Waals surface area contributed by atoms with Crippen LogP contribution in [0.4, 0.5) is 0 Å². The molecular weight excluding hydrogens is 262 g/mol. The second-order valence-electron chi connectivity index (χ2n) is 5.03. The van der Waals surface area contributed by atoms with Crippen molar-refractivity contribution in [2.24, 2.45) is 5.92 Å². The van der Waals surface area contributed by atoms with Gasteiger partial charge in [-0.3, -0.25) is 9.59 Å². The van der Waals surface area contributed by atoms with E-state index in [9.17, 15) is 14.4 Å². The Hall–Kier alpha value is -1.85. The summed E-state index contributed by atoms with van der Waals surface area (Å²) in [5.74, 6) is -1.66. The Balaban J connectivity index is 5.03. The van der Waals surface area contributed by atoms with Crippen LogP contribution in [0.3, 0.4) is 0 Å². The fraction of sp³-hybridized carbons (Fsp3) is 0.643. The van der Waals surface area contributed by atoms with Crippen LogP contribution in [0.15, 0.2) is 11.1 Å². The standard InChI is InChI=1S/C14H23NO5/c1-9(2)8-15(7-6-12(16)20-5)13(17)10(3)11(4)14(18)19/h9H,6-8H2,1-5H3,(H,18,19). The summed E-state index contributed by atoms with van der Waals surface area (Å²) < 4.78 is 4.55. The number of rotatable bonds is 7. The molecule has 0 bridgehead atoms. The smallest absolute Gasteiger partial charge is 0.331 e. The summed E-state index contributed by atoms with van der Waals surface area (Å²) in [6, 6.07) is 0. The van der Waals surface area contributed by atoms with E-state index in [-0.39, 0.29) is 35.9 Å². The number of hydrogen-bond acceptors (Lipinski definition) is 4. The zero-order valence-corrected chi connectivity index (χ0v) is 12.7. The van der Waals surface area contributed by atoms with E-state index < -0.39 is 11.9 Å². The lowest BCUT2D eigenvalue weighted by molar-refractivity contribution is -0.141. The molecule has 0 unspecified atom stereocenters. The number of esters is 1. The molecule has 0 fully saturated rings. The van der Waals surface area contributed by atoms with Crippen molar-refractivity contribution in [1.82, 2.24) is 4.90 Å². The maximum atomic E-state index is 12.3. The van der Waals surface area contributed by atoms with E-state index in [1.165, 1.54) is 25.9 Å². The van der Waals surface area contributed by atoms with Gasteiger partial charge in [0.15, 0.2) is 0 Å². The van der Waals surface area contributed by atoms with Crippen LogP contribution in [0.2, 0.25) is 0 Å². The second-order valence-corrected chi connectivity index (χ2v) is 5.03. The summed E-state index contributed by atoms with van der Waals surface area (Å²) in [7, 11) is 1.29. The zero-order valence-electron chi connectivity index (χ0n) is 12.7. The van der Waals surface area contributed by atoms with Gasteiger partial charge in [-0.25, -0.2) is 4.79 Å². The van der Waals surface area contributed by atoms with E-state index in [0.717, 1.165) is 0 Å². The molecule has 0 aliphatic heterocycles. The predicted octanol–water partition coefficient (Wildman–Crippen LogP) is 1.46. The normalized spacial score (nSPS) is 11.9. The van der Waals surface area contributed by atoms with E-state index in [0.29, 0.717) is 6.54 Å². The van der Waals surface area contributed by atoms with E-state index in [1.54, 1.807) is 0 Å². The first-order valence-corrected chi connectivity index (χ1v) is 6.47. The molecule has 0 aliphatic carbocycles. The minimum atomic E-state index is -1.12. The van der Waals surface area contributed by atoms with Crippen molar-refractivity contribution in [2.75, 3.05) is 20.2 Å². The van der Waals surface area contributed by atoms with E-state index in [1.807, 2.05) is 13.8 Å². The summed E-state index contributed by atoms with van der Waals surface area (Å²) in [5.41, 5.74) is 0.199. The molecule has 0 saturated heterocycles. The van der Waals surface area contributed by atoms with E-state index in [4.69, 9.17) is 5.11 Å². The highest BCUT2D eigenvalue weighted by atomic mass is 16.5. The van der Waals surface area contributed by atoms with Crippen molar-refractivity contribution in [3.05, 3.63) is 11.1 Å². The number of aliphatic carboxylic acids is 1. The number of carboxylic acid groups (broad SMARTS) is 1. The quantitative estimate of drug-likeness (QED) is 0.565. The van der Waals surface area contributed by atoms with Gasteiger partial charge in [0.2, 0.25) is 5.91 Å². The van der Waals surface area contributed by atoms with Crippen LogP contribution in [-0.2, 0) is 19.1 Å². The Labute approximate surface area is 119 Å². The highest BCUT2D eigenvalue weighted by Gasteiger charge is 2.21. The molecule has 0 saturated carbocycles. The molecule has 1 N–H and O–H groups in total. The number of amides is 1. The van der Waals surface area contributed by atoms with Crippen LogP contribution in [0, 0.1) is 5.92 Å². The average molecular weight is 285 g/mol. The predicted molar refractivity (Wildman–Crippen MR) is 74.1 cm³/mol. The fourth-order valence-corrected chi connectivity index (χ4v) is 1.60. The van der Waals surface area contributed by atoms with Crippen molar-refractivity contribution in [1.29, 1.82) is 0 Å². The first-order chi connectivity index (χ1) is 9.20. The molecule has 20 heavy (non-hydrogen) atoms. The number of ether oxygens (including phenoxy) is 1. The van der Waals surface area contributed by atoms with Gasteiger partial charge in [-0.05, 0) is 19.8 Å². The lowest BCUT2D eigenvalue weighted by Gasteiger charge is -2.25. The Bertz CT molecular complexity index is 412. The topological polar surface area (TPSA) is 83.9 Å². The van der Waals surface area contributed by atoms with Crippen LogP contribution < -0.4 is 0 Å². The number of nitrogens with zero attached hydrogens (tertiary/aromatic N) is 1. The number of methoxy groups -OCH3 is 1. The Morgan fingerprint density at radius 2 is 1.70 bits per heavy atom. The van der Waals surface area contributed by atoms with Gasteiger partial charge in [0.25, 0.3) is 0 Å². The van der Waals surface area contributed by atoms with Crippen LogP contribution in [0.1, 0.15) is 34.1 Å². The first kappa shape index (κ1) is 18.1. The molecule has 114 valence electrons. The van der Waals surface area contributed by atoms with E-state index in [2.05, 4.69) is 4.74 Å². The van der Waals surface area contributed by atoms with Crippen LogP contribution in [-0.4, -0.2) is 48.1 Å². The second kappa shape index (κ2) is 8.35. The molecule has 6 nitrogen and oxygen atoms in total. The molecule has 0 rings (SSSR count). The summed E-state index contributed by atoms with van der Waals surface area (Å²) in [6.45, 7) is 7.44. The lowest BCUT2D eigenvalue weighted by atomic mass is 10.1. The van der Waals surface area contributed by atoms with Crippen molar-refractivity contribution in [3.8, 4) is 0 Å². The van der Waals surface area contributed by atoms with Gasteiger partial charge in [0, 0.05) is 24.2 Å². The molecule has 0 spiro atoms. The molecule has 0 radical (unpaired) electrons. The maximum Gasteiger partial charge on any atom is 0.331 e. The molecule has 0 aromatic carbocycles. The third-order valence-corrected chi connectivity index (χ3v) is 2.89. The minimum Gasteiger partial charge on any atom is -0.478 e. The third-order valence-electron chi connectivity index (χ3n) is 2.89. The van der Waals surface area contributed by atoms with Gasteiger partial charge < -0.3 is 14.7 Å². The van der Waals surface area contributed by atoms with Crippen molar-refractivity contribution < 1.29 is 24.2 Å². The fourth-order valence-electron chi connectivity index (χ4n) is 1.60. The Morgan fingerprint density at radius 1 is 1.15 bits per heavy atom.